The zero-order valence-corrected chi connectivity index (χ0v) is 47.4. The molecular formula is C66H114O6. The third-order valence-electron chi connectivity index (χ3n) is 13.1. The Balaban J connectivity index is 4.38. The molecule has 0 N–H and O–H groups in total. The summed E-state index contributed by atoms with van der Waals surface area (Å²) < 4.78 is 16.9. The maximum Gasteiger partial charge on any atom is 0.306 e. The van der Waals surface area contributed by atoms with Crippen molar-refractivity contribution in [3.8, 4) is 0 Å². The number of hydrogen-bond donors (Lipinski definition) is 0. The second-order valence-corrected chi connectivity index (χ2v) is 20.2. The summed E-state index contributed by atoms with van der Waals surface area (Å²) in [5.41, 5.74) is 0. The molecule has 6 nitrogen and oxygen atoms in total. The lowest BCUT2D eigenvalue weighted by Gasteiger charge is -2.18. The van der Waals surface area contributed by atoms with E-state index in [1.54, 1.807) is 0 Å². The second kappa shape index (κ2) is 60.1. The summed E-state index contributed by atoms with van der Waals surface area (Å²) in [6.45, 7) is 6.51. The van der Waals surface area contributed by atoms with Crippen LogP contribution in [0.1, 0.15) is 297 Å². The number of carbonyl (C=O) groups is 3. The largest absolute Gasteiger partial charge is 0.462 e. The van der Waals surface area contributed by atoms with E-state index >= 15 is 0 Å². The number of rotatable bonds is 55. The highest BCUT2D eigenvalue weighted by molar-refractivity contribution is 5.71. The fourth-order valence-corrected chi connectivity index (χ4v) is 8.56. The van der Waals surface area contributed by atoms with Crippen LogP contribution in [0.25, 0.3) is 0 Å². The molecule has 414 valence electrons. The summed E-state index contributed by atoms with van der Waals surface area (Å²) in [5.74, 6) is -0.889. The van der Waals surface area contributed by atoms with Gasteiger partial charge < -0.3 is 14.2 Å². The van der Waals surface area contributed by atoms with Crippen LogP contribution in [0.2, 0.25) is 0 Å². The van der Waals surface area contributed by atoms with Crippen molar-refractivity contribution in [2.24, 2.45) is 0 Å². The molecule has 0 saturated heterocycles. The van der Waals surface area contributed by atoms with Crippen LogP contribution >= 0.6 is 0 Å². The molecule has 72 heavy (non-hydrogen) atoms. The minimum atomic E-state index is -0.785. The molecule has 1 unspecified atom stereocenters. The van der Waals surface area contributed by atoms with E-state index in [2.05, 4.69) is 106 Å². The Morgan fingerprint density at radius 3 is 0.875 bits per heavy atom. The van der Waals surface area contributed by atoms with Crippen molar-refractivity contribution >= 4 is 17.9 Å². The Labute approximate surface area is 445 Å². The number of esters is 3. The van der Waals surface area contributed by atoms with Crippen LogP contribution < -0.4 is 0 Å². The van der Waals surface area contributed by atoms with Gasteiger partial charge in [0, 0.05) is 19.3 Å². The molecular weight excluding hydrogens is 889 g/mol. The molecule has 0 spiro atoms. The topological polar surface area (TPSA) is 78.9 Å². The Hall–Kier alpha value is -3.41. The number of allylic oxidation sites excluding steroid dienone is 14. The molecule has 0 aliphatic carbocycles. The lowest BCUT2D eigenvalue weighted by atomic mass is 10.0. The van der Waals surface area contributed by atoms with Gasteiger partial charge in [-0.3, -0.25) is 14.4 Å². The Bertz CT molecular complexity index is 1380. The van der Waals surface area contributed by atoms with Gasteiger partial charge in [-0.2, -0.15) is 0 Å². The number of hydrogen-bond acceptors (Lipinski definition) is 6. The zero-order chi connectivity index (χ0) is 52.2. The van der Waals surface area contributed by atoms with Crippen LogP contribution in [0.4, 0.5) is 0 Å². The van der Waals surface area contributed by atoms with Crippen LogP contribution in [0.3, 0.4) is 0 Å². The monoisotopic (exact) mass is 1000 g/mol. The predicted octanol–water partition coefficient (Wildman–Crippen LogP) is 20.7. The van der Waals surface area contributed by atoms with E-state index in [0.29, 0.717) is 19.3 Å². The van der Waals surface area contributed by atoms with Crippen molar-refractivity contribution in [3.63, 3.8) is 0 Å². The molecule has 0 rings (SSSR count). The van der Waals surface area contributed by atoms with E-state index in [4.69, 9.17) is 14.2 Å². The average molecular weight is 1000 g/mol. The third-order valence-corrected chi connectivity index (χ3v) is 13.1. The smallest absolute Gasteiger partial charge is 0.306 e. The first-order valence-corrected chi connectivity index (χ1v) is 30.6. The Morgan fingerprint density at radius 1 is 0.292 bits per heavy atom. The minimum Gasteiger partial charge on any atom is -0.462 e. The summed E-state index contributed by atoms with van der Waals surface area (Å²) in [6, 6.07) is 0. The third kappa shape index (κ3) is 57.5. The first-order valence-electron chi connectivity index (χ1n) is 30.6. The van der Waals surface area contributed by atoms with Crippen LogP contribution in [-0.2, 0) is 28.6 Å². The lowest BCUT2D eigenvalue weighted by Crippen LogP contribution is -2.30. The minimum absolute atomic E-state index is 0.0809. The average Bonchev–Trinajstić information content (AvgIpc) is 3.38. The molecule has 0 radical (unpaired) electrons. The van der Waals surface area contributed by atoms with E-state index in [1.807, 2.05) is 0 Å². The zero-order valence-electron chi connectivity index (χ0n) is 47.4. The predicted molar refractivity (Wildman–Crippen MR) is 311 cm³/mol. The Kier molecular flexibility index (Phi) is 57.3. The quantitative estimate of drug-likeness (QED) is 0.0261. The van der Waals surface area contributed by atoms with Gasteiger partial charge in [0.2, 0.25) is 0 Å². The fourth-order valence-electron chi connectivity index (χ4n) is 8.56. The summed E-state index contributed by atoms with van der Waals surface area (Å²) >= 11 is 0. The SMILES string of the molecule is CC/C=C\C/C=C\C/C=C\C/C=C\C/C=C\CCCCCCCCCC(=O)OCC(COC(=O)CCCCCCCCCCCCCCCC)OC(=O)CCCCCCCCC/C=C\C/C=C\CCCCC. The van der Waals surface area contributed by atoms with E-state index < -0.39 is 6.10 Å². The first kappa shape index (κ1) is 68.6. The van der Waals surface area contributed by atoms with Crippen molar-refractivity contribution in [1.82, 2.24) is 0 Å². The molecule has 0 amide bonds. The van der Waals surface area contributed by atoms with E-state index in [9.17, 15) is 14.4 Å². The van der Waals surface area contributed by atoms with Crippen molar-refractivity contribution in [3.05, 3.63) is 85.1 Å². The second-order valence-electron chi connectivity index (χ2n) is 20.2. The molecule has 0 aromatic heterocycles. The van der Waals surface area contributed by atoms with Gasteiger partial charge >= 0.3 is 17.9 Å². The van der Waals surface area contributed by atoms with Crippen LogP contribution in [-0.4, -0.2) is 37.2 Å². The highest BCUT2D eigenvalue weighted by Crippen LogP contribution is 2.16. The van der Waals surface area contributed by atoms with Gasteiger partial charge in [0.05, 0.1) is 0 Å². The van der Waals surface area contributed by atoms with Crippen molar-refractivity contribution in [1.29, 1.82) is 0 Å². The molecule has 0 aromatic rings. The van der Waals surface area contributed by atoms with E-state index in [1.165, 1.54) is 148 Å². The van der Waals surface area contributed by atoms with Crippen molar-refractivity contribution in [2.45, 2.75) is 303 Å². The maximum atomic E-state index is 12.9. The summed E-state index contributed by atoms with van der Waals surface area (Å²) in [7, 11) is 0. The van der Waals surface area contributed by atoms with Gasteiger partial charge in [0.25, 0.3) is 0 Å². The van der Waals surface area contributed by atoms with E-state index in [0.717, 1.165) is 109 Å². The van der Waals surface area contributed by atoms with Gasteiger partial charge in [-0.1, -0.05) is 266 Å². The summed E-state index contributed by atoms with van der Waals surface area (Å²) in [5, 5.41) is 0. The summed E-state index contributed by atoms with van der Waals surface area (Å²) in [6.07, 6.45) is 78.6. The molecule has 0 aromatic carbocycles. The maximum absolute atomic E-state index is 12.9. The summed E-state index contributed by atoms with van der Waals surface area (Å²) in [4.78, 5) is 38.3. The molecule has 0 bridgehead atoms. The van der Waals surface area contributed by atoms with Crippen molar-refractivity contribution < 1.29 is 28.6 Å². The molecule has 0 saturated carbocycles. The molecule has 0 heterocycles. The van der Waals surface area contributed by atoms with E-state index in [-0.39, 0.29) is 31.1 Å². The van der Waals surface area contributed by atoms with Gasteiger partial charge in [-0.05, 0) is 96.3 Å². The van der Waals surface area contributed by atoms with Crippen LogP contribution in [0, 0.1) is 0 Å². The van der Waals surface area contributed by atoms with Gasteiger partial charge in [-0.15, -0.1) is 0 Å². The molecule has 1 atom stereocenters. The first-order chi connectivity index (χ1) is 35.5. The van der Waals surface area contributed by atoms with Crippen molar-refractivity contribution in [2.75, 3.05) is 13.2 Å². The van der Waals surface area contributed by atoms with Gasteiger partial charge in [0.1, 0.15) is 13.2 Å². The van der Waals surface area contributed by atoms with Gasteiger partial charge in [-0.25, -0.2) is 0 Å². The molecule has 0 aliphatic rings. The standard InChI is InChI=1S/C66H114O6/c1-4-7-10-13-16-19-22-25-28-30-31-32-33-34-35-37-38-41-44-47-50-53-56-59-65(68)71-62-63(61-70-64(67)58-55-52-49-46-43-40-27-24-21-18-15-12-9-6-3)72-66(69)60-57-54-51-48-45-42-39-36-29-26-23-20-17-14-11-8-5-2/h7,10,16-17,19-20,25-26,28-29,31-32,34-35,63H,4-6,8-9,11-15,18,21-24,27,30,33,36-62H2,1-3H3/b10-7-,19-16-,20-17-,28-25-,29-26-,32-31-,35-34-. The normalized spacial score (nSPS) is 12.7. The highest BCUT2D eigenvalue weighted by atomic mass is 16.6. The fraction of sp³-hybridized carbons (Fsp3) is 0.742. The Morgan fingerprint density at radius 2 is 0.542 bits per heavy atom. The molecule has 0 aliphatic heterocycles. The lowest BCUT2D eigenvalue weighted by molar-refractivity contribution is -0.167. The number of carbonyl (C=O) groups excluding carboxylic acids is 3. The van der Waals surface area contributed by atoms with Crippen LogP contribution in [0.15, 0.2) is 85.1 Å². The molecule has 6 heteroatoms. The van der Waals surface area contributed by atoms with Gasteiger partial charge in [0.15, 0.2) is 6.10 Å². The van der Waals surface area contributed by atoms with Crippen LogP contribution in [0.5, 0.6) is 0 Å². The number of unbranched alkanes of at least 4 members (excludes halogenated alkanes) is 30. The molecule has 0 fully saturated rings. The highest BCUT2D eigenvalue weighted by Gasteiger charge is 2.19. The number of ether oxygens (including phenoxy) is 3.